The van der Waals surface area contributed by atoms with E-state index in [1.54, 1.807) is 18.9 Å². The smallest absolute Gasteiger partial charge is 0.261 e. The van der Waals surface area contributed by atoms with Crippen LogP contribution in [-0.2, 0) is 16.0 Å². The Bertz CT molecular complexity index is 731. The van der Waals surface area contributed by atoms with Gasteiger partial charge in [0.2, 0.25) is 5.91 Å². The summed E-state index contributed by atoms with van der Waals surface area (Å²) >= 11 is 0. The lowest BCUT2D eigenvalue weighted by Gasteiger charge is -2.28. The molecule has 138 valence electrons. The molecule has 2 aromatic rings. The molecule has 0 heterocycles. The van der Waals surface area contributed by atoms with Crippen LogP contribution in [0.1, 0.15) is 18.1 Å². The summed E-state index contributed by atoms with van der Waals surface area (Å²) in [6.45, 7) is 4.02. The SMILES string of the molecule is CNC(=O)C(C)N(CCc1ccccc1)C(=O)COc1ccccc1C. The van der Waals surface area contributed by atoms with Gasteiger partial charge in [-0.05, 0) is 37.5 Å². The fourth-order valence-electron chi connectivity index (χ4n) is 2.72. The molecule has 2 amide bonds. The summed E-state index contributed by atoms with van der Waals surface area (Å²) in [5.74, 6) is 0.277. The minimum Gasteiger partial charge on any atom is -0.484 e. The van der Waals surface area contributed by atoms with Crippen molar-refractivity contribution in [1.82, 2.24) is 10.2 Å². The molecule has 0 saturated heterocycles. The largest absolute Gasteiger partial charge is 0.484 e. The number of hydrogen-bond acceptors (Lipinski definition) is 3. The van der Waals surface area contributed by atoms with Gasteiger partial charge in [0.15, 0.2) is 6.61 Å². The van der Waals surface area contributed by atoms with Crippen molar-refractivity contribution < 1.29 is 14.3 Å². The summed E-state index contributed by atoms with van der Waals surface area (Å²) in [6, 6.07) is 16.9. The molecule has 1 N–H and O–H groups in total. The highest BCUT2D eigenvalue weighted by Crippen LogP contribution is 2.16. The summed E-state index contributed by atoms with van der Waals surface area (Å²) in [5, 5.41) is 2.61. The van der Waals surface area contributed by atoms with Gasteiger partial charge in [0.05, 0.1) is 0 Å². The first-order chi connectivity index (χ1) is 12.5. The number of benzene rings is 2. The lowest BCUT2D eigenvalue weighted by Crippen LogP contribution is -2.49. The van der Waals surface area contributed by atoms with Crippen molar-refractivity contribution in [1.29, 1.82) is 0 Å². The minimum atomic E-state index is -0.559. The van der Waals surface area contributed by atoms with Crippen molar-refractivity contribution in [3.05, 3.63) is 65.7 Å². The zero-order chi connectivity index (χ0) is 18.9. The first-order valence-corrected chi connectivity index (χ1v) is 8.76. The van der Waals surface area contributed by atoms with Crippen molar-refractivity contribution in [3.63, 3.8) is 0 Å². The number of ether oxygens (including phenoxy) is 1. The van der Waals surface area contributed by atoms with E-state index in [1.807, 2.05) is 61.5 Å². The van der Waals surface area contributed by atoms with E-state index in [0.717, 1.165) is 11.1 Å². The molecule has 2 aromatic carbocycles. The number of carbonyl (C=O) groups is 2. The van der Waals surface area contributed by atoms with Gasteiger partial charge in [-0.15, -0.1) is 0 Å². The maximum atomic E-state index is 12.7. The molecule has 2 rings (SSSR count). The van der Waals surface area contributed by atoms with Crippen LogP contribution in [0.4, 0.5) is 0 Å². The summed E-state index contributed by atoms with van der Waals surface area (Å²) in [4.78, 5) is 26.4. The molecule has 0 spiro atoms. The van der Waals surface area contributed by atoms with Crippen LogP contribution in [-0.4, -0.2) is 43.0 Å². The standard InChI is InChI=1S/C21H26N2O3/c1-16-9-7-8-12-19(16)26-15-20(24)23(17(2)21(25)22-3)14-13-18-10-5-4-6-11-18/h4-12,17H,13-15H2,1-3H3,(H,22,25). The fraction of sp³-hybridized carbons (Fsp3) is 0.333. The number of rotatable bonds is 8. The number of nitrogens with zero attached hydrogens (tertiary/aromatic N) is 1. The quantitative estimate of drug-likeness (QED) is 0.793. The van der Waals surface area contributed by atoms with Gasteiger partial charge in [0.1, 0.15) is 11.8 Å². The maximum Gasteiger partial charge on any atom is 0.261 e. The highest BCUT2D eigenvalue weighted by atomic mass is 16.5. The van der Waals surface area contributed by atoms with E-state index in [0.29, 0.717) is 18.7 Å². The van der Waals surface area contributed by atoms with Crippen LogP contribution < -0.4 is 10.1 Å². The van der Waals surface area contributed by atoms with Crippen LogP contribution in [0.2, 0.25) is 0 Å². The second-order valence-corrected chi connectivity index (χ2v) is 6.17. The van der Waals surface area contributed by atoms with Crippen molar-refractivity contribution in [2.24, 2.45) is 0 Å². The number of carbonyl (C=O) groups excluding carboxylic acids is 2. The first kappa shape index (κ1) is 19.5. The third-order valence-corrected chi connectivity index (χ3v) is 4.34. The van der Waals surface area contributed by atoms with Gasteiger partial charge in [-0.2, -0.15) is 0 Å². The summed E-state index contributed by atoms with van der Waals surface area (Å²) in [7, 11) is 1.57. The van der Waals surface area contributed by atoms with Gasteiger partial charge in [-0.3, -0.25) is 9.59 Å². The average Bonchev–Trinajstić information content (AvgIpc) is 2.67. The Kier molecular flexibility index (Phi) is 7.21. The molecule has 1 unspecified atom stereocenters. The number of amides is 2. The lowest BCUT2D eigenvalue weighted by atomic mass is 10.1. The van der Waals surface area contributed by atoms with Crippen LogP contribution in [0.5, 0.6) is 5.75 Å². The van der Waals surface area contributed by atoms with Gasteiger partial charge in [-0.25, -0.2) is 0 Å². The van der Waals surface area contributed by atoms with Crippen LogP contribution >= 0.6 is 0 Å². The topological polar surface area (TPSA) is 58.6 Å². The number of aryl methyl sites for hydroxylation is 1. The normalized spacial score (nSPS) is 11.5. The Balaban J connectivity index is 2.05. The molecule has 0 aliphatic heterocycles. The monoisotopic (exact) mass is 354 g/mol. The molecule has 5 heteroatoms. The van der Waals surface area contributed by atoms with Gasteiger partial charge in [-0.1, -0.05) is 48.5 Å². The van der Waals surface area contributed by atoms with E-state index in [9.17, 15) is 9.59 Å². The van der Waals surface area contributed by atoms with Gasteiger partial charge in [0, 0.05) is 13.6 Å². The molecule has 26 heavy (non-hydrogen) atoms. The third-order valence-electron chi connectivity index (χ3n) is 4.34. The predicted molar refractivity (Wildman–Crippen MR) is 102 cm³/mol. The molecule has 0 aromatic heterocycles. The number of hydrogen-bond donors (Lipinski definition) is 1. The molecule has 0 aliphatic carbocycles. The number of para-hydroxylation sites is 1. The minimum absolute atomic E-state index is 0.0963. The Morgan fingerprint density at radius 2 is 1.73 bits per heavy atom. The molecular weight excluding hydrogens is 328 g/mol. The van der Waals surface area contributed by atoms with Crippen LogP contribution in [0, 0.1) is 6.92 Å². The molecule has 1 atom stereocenters. The van der Waals surface area contributed by atoms with Crippen molar-refractivity contribution in [2.75, 3.05) is 20.2 Å². The van der Waals surface area contributed by atoms with Crippen LogP contribution in [0.25, 0.3) is 0 Å². The molecule has 0 radical (unpaired) electrons. The molecular formula is C21H26N2O3. The van der Waals surface area contributed by atoms with Gasteiger partial charge in [0.25, 0.3) is 5.91 Å². The average molecular weight is 354 g/mol. The summed E-state index contributed by atoms with van der Waals surface area (Å²) in [5.41, 5.74) is 2.09. The Morgan fingerprint density at radius 3 is 2.38 bits per heavy atom. The van der Waals surface area contributed by atoms with E-state index in [2.05, 4.69) is 5.32 Å². The second kappa shape index (κ2) is 9.61. The Labute approximate surface area is 155 Å². The maximum absolute atomic E-state index is 12.7. The van der Waals surface area contributed by atoms with E-state index in [4.69, 9.17) is 4.74 Å². The Morgan fingerprint density at radius 1 is 1.08 bits per heavy atom. The van der Waals surface area contributed by atoms with E-state index < -0.39 is 6.04 Å². The molecule has 0 saturated carbocycles. The molecule has 0 fully saturated rings. The zero-order valence-corrected chi connectivity index (χ0v) is 15.6. The molecule has 0 bridgehead atoms. The third kappa shape index (κ3) is 5.34. The second-order valence-electron chi connectivity index (χ2n) is 6.17. The lowest BCUT2D eigenvalue weighted by molar-refractivity contribution is -0.141. The highest BCUT2D eigenvalue weighted by molar-refractivity contribution is 5.87. The van der Waals surface area contributed by atoms with E-state index >= 15 is 0 Å². The van der Waals surface area contributed by atoms with Gasteiger partial charge < -0.3 is 15.0 Å². The molecule has 5 nitrogen and oxygen atoms in total. The predicted octanol–water partition coefficient (Wildman–Crippen LogP) is 2.58. The van der Waals surface area contributed by atoms with E-state index in [-0.39, 0.29) is 18.4 Å². The summed E-state index contributed by atoms with van der Waals surface area (Å²) in [6.07, 6.45) is 0.679. The van der Waals surface area contributed by atoms with Crippen molar-refractivity contribution >= 4 is 11.8 Å². The Hall–Kier alpha value is -2.82. The molecule has 0 aliphatic rings. The van der Waals surface area contributed by atoms with Crippen molar-refractivity contribution in [2.45, 2.75) is 26.3 Å². The fourth-order valence-corrected chi connectivity index (χ4v) is 2.72. The summed E-state index contributed by atoms with van der Waals surface area (Å²) < 4.78 is 5.67. The van der Waals surface area contributed by atoms with Crippen molar-refractivity contribution in [3.8, 4) is 5.75 Å². The zero-order valence-electron chi connectivity index (χ0n) is 15.6. The number of likely N-dealkylation sites (N-methyl/N-ethyl adjacent to an activating group) is 1. The van der Waals surface area contributed by atoms with E-state index in [1.165, 1.54) is 0 Å². The number of nitrogens with one attached hydrogen (secondary N) is 1. The van der Waals surface area contributed by atoms with Crippen LogP contribution in [0.3, 0.4) is 0 Å². The van der Waals surface area contributed by atoms with Crippen LogP contribution in [0.15, 0.2) is 54.6 Å². The first-order valence-electron chi connectivity index (χ1n) is 8.76. The van der Waals surface area contributed by atoms with Gasteiger partial charge >= 0.3 is 0 Å². The highest BCUT2D eigenvalue weighted by Gasteiger charge is 2.25.